The molecule has 3 rings (SSSR count). The normalized spacial score (nSPS) is 24.2. The molecular weight excluding hydrogens is 506 g/mol. The van der Waals surface area contributed by atoms with Crippen LogP contribution in [0.25, 0.3) is 0 Å². The smallest absolute Gasteiger partial charge is 0.338 e. The predicted octanol–water partition coefficient (Wildman–Crippen LogP) is 5.99. The summed E-state index contributed by atoms with van der Waals surface area (Å²) in [6, 6.07) is 16.6. The summed E-state index contributed by atoms with van der Waals surface area (Å²) in [5.41, 5.74) is 2.77. The molecule has 1 heterocycles. The van der Waals surface area contributed by atoms with Gasteiger partial charge < -0.3 is 24.6 Å². The molecule has 2 aromatic carbocycles. The van der Waals surface area contributed by atoms with Gasteiger partial charge in [-0.15, -0.1) is 0 Å². The average molecular weight is 552 g/mol. The van der Waals surface area contributed by atoms with Crippen LogP contribution < -0.4 is 5.32 Å². The van der Waals surface area contributed by atoms with Crippen LogP contribution in [0, 0.1) is 11.3 Å². The number of esters is 1. The predicted molar refractivity (Wildman–Crippen MR) is 155 cm³/mol. The Bertz CT molecular complexity index is 1160. The van der Waals surface area contributed by atoms with E-state index in [0.717, 1.165) is 17.6 Å². The third-order valence-electron chi connectivity index (χ3n) is 8.33. The SMILES string of the molecule is CC[C@@H]1OC(C)O[C@@H]([C@@H](C)/C(C)=C(\C)[C@H](C)OC(=O)[C@H](O)[C@@H](NC(=O)c2ccccc2)c2ccccc2)C1(C)C. The maximum Gasteiger partial charge on any atom is 0.338 e. The maximum absolute atomic E-state index is 13.2. The zero-order valence-corrected chi connectivity index (χ0v) is 25.0. The number of hydrogen-bond donors (Lipinski definition) is 2. The van der Waals surface area contributed by atoms with E-state index in [1.807, 2.05) is 32.9 Å². The number of rotatable bonds is 10. The van der Waals surface area contributed by atoms with Gasteiger partial charge in [0.15, 0.2) is 12.4 Å². The molecule has 1 aliphatic heterocycles. The summed E-state index contributed by atoms with van der Waals surface area (Å²) >= 11 is 0. The minimum absolute atomic E-state index is 0.0451. The Morgan fingerprint density at radius 1 is 0.975 bits per heavy atom. The van der Waals surface area contributed by atoms with E-state index in [1.54, 1.807) is 55.5 Å². The number of amides is 1. The fraction of sp³-hybridized carbons (Fsp3) is 0.515. The van der Waals surface area contributed by atoms with Crippen LogP contribution in [0.15, 0.2) is 71.8 Å². The lowest BCUT2D eigenvalue weighted by Gasteiger charge is -2.49. The molecule has 1 aliphatic rings. The first-order chi connectivity index (χ1) is 18.9. The molecule has 40 heavy (non-hydrogen) atoms. The van der Waals surface area contributed by atoms with Crippen LogP contribution >= 0.6 is 0 Å². The second kappa shape index (κ2) is 13.6. The van der Waals surface area contributed by atoms with Crippen molar-refractivity contribution in [3.8, 4) is 0 Å². The maximum atomic E-state index is 13.2. The standard InChI is InChI=1S/C33H45NO6/c1-9-27-33(7,8)30(40-24(6)39-27)22(4)20(2)21(3)23(5)38-32(37)29(35)28(25-16-12-10-13-17-25)34-31(36)26-18-14-11-15-19-26/h10-19,22-24,27-30,35H,9H2,1-8H3,(H,34,36)/b21-20+/t22-,23-,24?,27-,28-,29+,30-/m0/s1. The van der Waals surface area contributed by atoms with E-state index in [9.17, 15) is 14.7 Å². The number of nitrogens with one attached hydrogen (secondary N) is 1. The molecule has 0 spiro atoms. The zero-order chi connectivity index (χ0) is 29.6. The molecule has 0 saturated carbocycles. The molecule has 218 valence electrons. The van der Waals surface area contributed by atoms with Gasteiger partial charge in [-0.3, -0.25) is 4.79 Å². The van der Waals surface area contributed by atoms with Gasteiger partial charge in [0, 0.05) is 16.9 Å². The second-order valence-corrected chi connectivity index (χ2v) is 11.4. The summed E-state index contributed by atoms with van der Waals surface area (Å²) in [5.74, 6) is -1.16. The van der Waals surface area contributed by atoms with Crippen molar-refractivity contribution in [2.45, 2.75) is 98.6 Å². The van der Waals surface area contributed by atoms with Crippen LogP contribution in [0.5, 0.6) is 0 Å². The monoisotopic (exact) mass is 551 g/mol. The Labute approximate surface area is 238 Å². The van der Waals surface area contributed by atoms with Crippen molar-refractivity contribution in [3.05, 3.63) is 82.9 Å². The van der Waals surface area contributed by atoms with E-state index in [0.29, 0.717) is 11.1 Å². The van der Waals surface area contributed by atoms with Gasteiger partial charge in [-0.05, 0) is 57.4 Å². The van der Waals surface area contributed by atoms with Gasteiger partial charge in [0.1, 0.15) is 6.10 Å². The van der Waals surface area contributed by atoms with E-state index >= 15 is 0 Å². The van der Waals surface area contributed by atoms with E-state index in [4.69, 9.17) is 14.2 Å². The highest BCUT2D eigenvalue weighted by Crippen LogP contribution is 2.43. The van der Waals surface area contributed by atoms with Crippen molar-refractivity contribution in [3.63, 3.8) is 0 Å². The molecule has 0 radical (unpaired) electrons. The molecule has 0 aliphatic carbocycles. The van der Waals surface area contributed by atoms with Gasteiger partial charge in [0.2, 0.25) is 0 Å². The van der Waals surface area contributed by atoms with Gasteiger partial charge in [0.05, 0.1) is 18.2 Å². The molecule has 1 amide bonds. The largest absolute Gasteiger partial charge is 0.456 e. The fourth-order valence-electron chi connectivity index (χ4n) is 5.58. The quantitative estimate of drug-likeness (QED) is 0.278. The molecule has 2 aromatic rings. The zero-order valence-electron chi connectivity index (χ0n) is 25.0. The highest BCUT2D eigenvalue weighted by atomic mass is 16.7. The molecule has 7 atom stereocenters. The van der Waals surface area contributed by atoms with Crippen molar-refractivity contribution in [1.29, 1.82) is 0 Å². The van der Waals surface area contributed by atoms with Gasteiger partial charge in [-0.2, -0.15) is 0 Å². The topological polar surface area (TPSA) is 94.1 Å². The minimum Gasteiger partial charge on any atom is -0.456 e. The van der Waals surface area contributed by atoms with E-state index in [2.05, 4.69) is 33.0 Å². The number of benzene rings is 2. The van der Waals surface area contributed by atoms with Crippen molar-refractivity contribution >= 4 is 11.9 Å². The Morgan fingerprint density at radius 2 is 1.55 bits per heavy atom. The fourth-order valence-corrected chi connectivity index (χ4v) is 5.58. The number of aliphatic hydroxyl groups is 1. The molecule has 1 fully saturated rings. The molecule has 0 aromatic heterocycles. The van der Waals surface area contributed by atoms with E-state index in [-0.39, 0.29) is 29.8 Å². The van der Waals surface area contributed by atoms with Gasteiger partial charge in [-0.1, -0.05) is 81.8 Å². The average Bonchev–Trinajstić information content (AvgIpc) is 2.95. The highest BCUT2D eigenvalue weighted by Gasteiger charge is 2.46. The Hall–Kier alpha value is -3.00. The van der Waals surface area contributed by atoms with Crippen molar-refractivity contribution in [2.24, 2.45) is 11.3 Å². The molecule has 7 nitrogen and oxygen atoms in total. The minimum atomic E-state index is -1.60. The van der Waals surface area contributed by atoms with Crippen molar-refractivity contribution < 1.29 is 28.9 Å². The third kappa shape index (κ3) is 7.19. The first-order valence-electron chi connectivity index (χ1n) is 14.2. The van der Waals surface area contributed by atoms with Crippen LogP contribution in [-0.4, -0.2) is 47.7 Å². The van der Waals surface area contributed by atoms with Crippen molar-refractivity contribution in [2.75, 3.05) is 0 Å². The lowest BCUT2D eigenvalue weighted by molar-refractivity contribution is -0.294. The van der Waals surface area contributed by atoms with E-state index < -0.39 is 30.1 Å². The van der Waals surface area contributed by atoms with Crippen LogP contribution in [0.3, 0.4) is 0 Å². The number of aliphatic hydroxyl groups excluding tert-OH is 1. The summed E-state index contributed by atoms with van der Waals surface area (Å²) in [6.07, 6.45) is -1.62. The molecule has 2 N–H and O–H groups in total. The summed E-state index contributed by atoms with van der Waals surface area (Å²) in [6.45, 7) is 16.3. The third-order valence-corrected chi connectivity index (χ3v) is 8.33. The van der Waals surface area contributed by atoms with Crippen LogP contribution in [0.4, 0.5) is 0 Å². The van der Waals surface area contributed by atoms with Crippen molar-refractivity contribution in [1.82, 2.24) is 5.32 Å². The van der Waals surface area contributed by atoms with Crippen LogP contribution in [0.1, 0.15) is 83.8 Å². The molecular formula is C33H45NO6. The molecule has 7 heteroatoms. The lowest BCUT2D eigenvalue weighted by atomic mass is 9.71. The molecule has 1 unspecified atom stereocenters. The first-order valence-corrected chi connectivity index (χ1v) is 14.2. The van der Waals surface area contributed by atoms with Crippen LogP contribution in [-0.2, 0) is 19.0 Å². The number of carbonyl (C=O) groups is 2. The Kier molecular flexibility index (Phi) is 10.7. The first kappa shape index (κ1) is 31.5. The van der Waals surface area contributed by atoms with Gasteiger partial charge >= 0.3 is 5.97 Å². The summed E-state index contributed by atoms with van der Waals surface area (Å²) in [7, 11) is 0. The van der Waals surface area contributed by atoms with E-state index in [1.165, 1.54) is 0 Å². The Morgan fingerprint density at radius 3 is 2.12 bits per heavy atom. The number of hydrogen-bond acceptors (Lipinski definition) is 6. The number of carbonyl (C=O) groups excluding carboxylic acids is 2. The summed E-state index contributed by atoms with van der Waals surface area (Å²) < 4.78 is 18.1. The van der Waals surface area contributed by atoms with Gasteiger partial charge in [-0.25, -0.2) is 4.79 Å². The molecule has 1 saturated heterocycles. The molecule has 0 bridgehead atoms. The van der Waals surface area contributed by atoms with Crippen LogP contribution in [0.2, 0.25) is 0 Å². The Balaban J connectivity index is 1.77. The highest BCUT2D eigenvalue weighted by molar-refractivity contribution is 5.94. The summed E-state index contributed by atoms with van der Waals surface area (Å²) in [5, 5.41) is 13.9. The lowest BCUT2D eigenvalue weighted by Crippen LogP contribution is -2.53. The number of ether oxygens (including phenoxy) is 3. The second-order valence-electron chi connectivity index (χ2n) is 11.4. The summed E-state index contributed by atoms with van der Waals surface area (Å²) in [4.78, 5) is 26.1. The van der Waals surface area contributed by atoms with Gasteiger partial charge in [0.25, 0.3) is 5.91 Å².